The van der Waals surface area contributed by atoms with Crippen LogP contribution in [0.3, 0.4) is 0 Å². The first-order valence-electron chi connectivity index (χ1n) is 11.5. The van der Waals surface area contributed by atoms with E-state index in [9.17, 15) is 14.7 Å². The van der Waals surface area contributed by atoms with Crippen LogP contribution in [0.15, 0.2) is 17.8 Å². The molecule has 0 aromatic carbocycles. The Morgan fingerprint density at radius 2 is 2.00 bits per heavy atom. The van der Waals surface area contributed by atoms with Crippen LogP contribution in [0.25, 0.3) is 5.70 Å². The third-order valence-corrected chi connectivity index (χ3v) is 6.26. The Labute approximate surface area is 199 Å². The van der Waals surface area contributed by atoms with Gasteiger partial charge >= 0.3 is 12.1 Å². The lowest BCUT2D eigenvalue weighted by Gasteiger charge is -2.30. The van der Waals surface area contributed by atoms with Crippen LogP contribution >= 0.6 is 0 Å². The van der Waals surface area contributed by atoms with Crippen molar-refractivity contribution in [2.75, 3.05) is 33.9 Å². The smallest absolute Gasteiger partial charge is 0.409 e. The number of nitrogens with zero attached hydrogens (tertiary/aromatic N) is 3. The highest BCUT2D eigenvalue weighted by atomic mass is 16.6. The number of hydrogen-bond acceptors (Lipinski definition) is 9. The Kier molecular flexibility index (Phi) is 8.56. The first-order valence-corrected chi connectivity index (χ1v) is 11.5. The second-order valence-corrected chi connectivity index (χ2v) is 8.95. The summed E-state index contributed by atoms with van der Waals surface area (Å²) in [4.78, 5) is 29.7. The Morgan fingerprint density at radius 1 is 1.26 bits per heavy atom. The molecule has 1 aromatic heterocycles. The van der Waals surface area contributed by atoms with E-state index < -0.39 is 18.2 Å². The first kappa shape index (κ1) is 25.6. The predicted molar refractivity (Wildman–Crippen MR) is 124 cm³/mol. The van der Waals surface area contributed by atoms with Gasteiger partial charge in [0.05, 0.1) is 29.4 Å². The van der Waals surface area contributed by atoms with Gasteiger partial charge in [0.2, 0.25) is 0 Å². The van der Waals surface area contributed by atoms with Crippen LogP contribution in [0.2, 0.25) is 0 Å². The van der Waals surface area contributed by atoms with Gasteiger partial charge in [-0.15, -0.1) is 0 Å². The molecule has 0 bridgehead atoms. The maximum absolute atomic E-state index is 12.4. The molecule has 188 valence electrons. The molecule has 1 saturated heterocycles. The van der Waals surface area contributed by atoms with Gasteiger partial charge < -0.3 is 35.0 Å². The van der Waals surface area contributed by atoms with Gasteiger partial charge in [-0.1, -0.05) is 6.42 Å². The fourth-order valence-corrected chi connectivity index (χ4v) is 3.94. The number of carbonyl (C=O) groups excluding carboxylic acids is 1. The third-order valence-electron chi connectivity index (χ3n) is 6.26. The van der Waals surface area contributed by atoms with Crippen molar-refractivity contribution in [1.82, 2.24) is 14.9 Å². The number of amides is 1. The van der Waals surface area contributed by atoms with Crippen molar-refractivity contribution in [2.24, 2.45) is 17.5 Å². The summed E-state index contributed by atoms with van der Waals surface area (Å²) in [5, 5.41) is 10.5. The monoisotopic (exact) mass is 477 g/mol. The zero-order valence-corrected chi connectivity index (χ0v) is 20.0. The van der Waals surface area contributed by atoms with Gasteiger partial charge in [-0.05, 0) is 37.8 Å². The number of aromatic nitrogens is 1. The van der Waals surface area contributed by atoms with Crippen molar-refractivity contribution in [1.29, 1.82) is 0 Å². The Balaban J connectivity index is 1.65. The minimum atomic E-state index is -0.996. The summed E-state index contributed by atoms with van der Waals surface area (Å²) < 4.78 is 16.7. The standard InChI is InChI=1S/C23H35N5O6/c1-14-19(34-16-9-10-32-20(11-16)22(29)30)8-7-17(26-14)21(24)18(28(3)25)13-33-23(31)27(2)12-15-5-4-6-15/h7-8,15-16,20H,4-6,9-13,24-25H2,1-3H3,(H,29,30)/b21-18-. The van der Waals surface area contributed by atoms with E-state index in [2.05, 4.69) is 4.98 Å². The Hall–Kier alpha value is -3.05. The molecule has 2 unspecified atom stereocenters. The lowest BCUT2D eigenvalue weighted by molar-refractivity contribution is -0.156. The molecule has 34 heavy (non-hydrogen) atoms. The number of rotatable bonds is 9. The summed E-state index contributed by atoms with van der Waals surface area (Å²) in [6, 6.07) is 3.43. The molecule has 1 saturated carbocycles. The van der Waals surface area contributed by atoms with E-state index in [0.717, 1.165) is 12.8 Å². The SMILES string of the molecule is Cc1nc(/C(N)=C(\COC(=O)N(C)CC2CCC2)N(C)N)ccc1OC1CCOC(C(=O)O)C1. The van der Waals surface area contributed by atoms with Gasteiger partial charge in [0.15, 0.2) is 6.10 Å². The molecule has 1 aliphatic heterocycles. The molecule has 11 heteroatoms. The average molecular weight is 478 g/mol. The van der Waals surface area contributed by atoms with Gasteiger partial charge in [0.1, 0.15) is 18.5 Å². The maximum atomic E-state index is 12.4. The number of hydrazine groups is 1. The van der Waals surface area contributed by atoms with Gasteiger partial charge in [-0.25, -0.2) is 20.4 Å². The van der Waals surface area contributed by atoms with E-state index in [1.54, 1.807) is 38.1 Å². The highest BCUT2D eigenvalue weighted by Gasteiger charge is 2.29. The van der Waals surface area contributed by atoms with Gasteiger partial charge in [-0.3, -0.25) is 0 Å². The summed E-state index contributed by atoms with van der Waals surface area (Å²) in [7, 11) is 3.34. The maximum Gasteiger partial charge on any atom is 0.409 e. The summed E-state index contributed by atoms with van der Waals surface area (Å²) in [5.41, 5.74) is 8.09. The lowest BCUT2D eigenvalue weighted by Crippen LogP contribution is -2.37. The second-order valence-electron chi connectivity index (χ2n) is 8.95. The van der Waals surface area contributed by atoms with Crippen molar-refractivity contribution in [3.05, 3.63) is 29.2 Å². The molecule has 1 amide bonds. The first-order chi connectivity index (χ1) is 16.2. The molecule has 3 rings (SSSR count). The zero-order chi connectivity index (χ0) is 24.8. The molecule has 2 fully saturated rings. The van der Waals surface area contributed by atoms with E-state index >= 15 is 0 Å². The van der Waals surface area contributed by atoms with E-state index in [-0.39, 0.29) is 24.8 Å². The minimum absolute atomic E-state index is 0.0930. The highest BCUT2D eigenvalue weighted by molar-refractivity contribution is 5.72. The number of aliphatic carboxylic acids is 1. The predicted octanol–water partition coefficient (Wildman–Crippen LogP) is 1.70. The van der Waals surface area contributed by atoms with Crippen molar-refractivity contribution < 1.29 is 28.9 Å². The van der Waals surface area contributed by atoms with Crippen LogP contribution in [-0.4, -0.2) is 78.1 Å². The summed E-state index contributed by atoms with van der Waals surface area (Å²) in [6.07, 6.45) is 2.77. The molecular weight excluding hydrogens is 442 g/mol. The molecular formula is C23H35N5O6. The molecule has 2 atom stereocenters. The topological polar surface area (TPSA) is 153 Å². The van der Waals surface area contributed by atoms with Gasteiger partial charge in [0, 0.05) is 33.5 Å². The van der Waals surface area contributed by atoms with Crippen LogP contribution in [0.4, 0.5) is 4.79 Å². The quantitative estimate of drug-likeness (QED) is 0.354. The number of hydrogen-bond donors (Lipinski definition) is 3. The number of pyridine rings is 1. The fraction of sp³-hybridized carbons (Fsp3) is 0.609. The van der Waals surface area contributed by atoms with Crippen LogP contribution in [0.1, 0.15) is 43.5 Å². The second kappa shape index (κ2) is 11.4. The number of carbonyl (C=O) groups is 2. The average Bonchev–Trinajstić information content (AvgIpc) is 2.77. The lowest BCUT2D eigenvalue weighted by atomic mass is 9.85. The minimum Gasteiger partial charge on any atom is -0.488 e. The van der Waals surface area contributed by atoms with E-state index in [0.29, 0.717) is 48.3 Å². The van der Waals surface area contributed by atoms with Crippen LogP contribution in [0, 0.1) is 12.8 Å². The molecule has 2 heterocycles. The van der Waals surface area contributed by atoms with Crippen molar-refractivity contribution in [3.63, 3.8) is 0 Å². The normalized spacial score (nSPS) is 21.2. The summed E-state index contributed by atoms with van der Waals surface area (Å²) >= 11 is 0. The zero-order valence-electron chi connectivity index (χ0n) is 20.0. The van der Waals surface area contributed by atoms with E-state index in [4.69, 9.17) is 25.8 Å². The summed E-state index contributed by atoms with van der Waals surface area (Å²) in [5.74, 6) is 6.04. The number of ether oxygens (including phenoxy) is 3. The molecule has 1 aromatic rings. The number of nitrogens with two attached hydrogens (primary N) is 2. The van der Waals surface area contributed by atoms with Crippen LogP contribution in [0.5, 0.6) is 5.75 Å². The molecule has 11 nitrogen and oxygen atoms in total. The van der Waals surface area contributed by atoms with Crippen molar-refractivity contribution in [2.45, 2.75) is 51.2 Å². The van der Waals surface area contributed by atoms with Gasteiger partial charge in [0.25, 0.3) is 0 Å². The molecule has 1 aliphatic carbocycles. The number of carboxylic acid groups (broad SMARTS) is 1. The molecule has 0 radical (unpaired) electrons. The molecule has 5 N–H and O–H groups in total. The largest absolute Gasteiger partial charge is 0.488 e. The number of carboxylic acids is 1. The van der Waals surface area contributed by atoms with Crippen LogP contribution < -0.4 is 16.3 Å². The molecule has 2 aliphatic rings. The number of aryl methyl sites for hydroxylation is 1. The van der Waals surface area contributed by atoms with E-state index in [1.807, 2.05) is 0 Å². The highest BCUT2D eigenvalue weighted by Crippen LogP contribution is 2.27. The van der Waals surface area contributed by atoms with Crippen molar-refractivity contribution >= 4 is 17.8 Å². The Morgan fingerprint density at radius 3 is 2.59 bits per heavy atom. The van der Waals surface area contributed by atoms with Crippen molar-refractivity contribution in [3.8, 4) is 5.75 Å². The van der Waals surface area contributed by atoms with Gasteiger partial charge in [-0.2, -0.15) is 0 Å². The van der Waals surface area contributed by atoms with Crippen LogP contribution in [-0.2, 0) is 14.3 Å². The summed E-state index contributed by atoms with van der Waals surface area (Å²) in [6.45, 7) is 2.68. The number of likely N-dealkylation sites (N-methyl/N-ethyl adjacent to an activating group) is 1. The van der Waals surface area contributed by atoms with E-state index in [1.165, 1.54) is 11.4 Å². The fourth-order valence-electron chi connectivity index (χ4n) is 3.94. The molecule has 0 spiro atoms. The Bertz CT molecular complexity index is 917. The third kappa shape index (κ3) is 6.51.